The van der Waals surface area contributed by atoms with Crippen LogP contribution in [-0.4, -0.2) is 26.7 Å². The molecule has 0 aliphatic carbocycles. The van der Waals surface area contributed by atoms with Crippen molar-refractivity contribution in [2.24, 2.45) is 5.41 Å². The van der Waals surface area contributed by atoms with Crippen LogP contribution in [0, 0.1) is 5.41 Å². The first-order valence-electron chi connectivity index (χ1n) is 4.25. The first kappa shape index (κ1) is 12.4. The summed E-state index contributed by atoms with van der Waals surface area (Å²) in [5.74, 6) is -0.575. The molecule has 0 aliphatic heterocycles. The third kappa shape index (κ3) is 3.76. The van der Waals surface area contributed by atoms with E-state index in [0.29, 0.717) is 6.42 Å². The van der Waals surface area contributed by atoms with E-state index in [1.54, 1.807) is 20.8 Å². The second kappa shape index (κ2) is 5.21. The zero-order valence-electron chi connectivity index (χ0n) is 8.20. The third-order valence-corrected chi connectivity index (χ3v) is 2.98. The highest BCUT2D eigenvalue weighted by Gasteiger charge is 2.33. The smallest absolute Gasteiger partial charge is 0.312 e. The SMILES string of the molecule is CCOC(=O)C(C)(CC)C[SH](=O)=O. The normalized spacial score (nSPS) is 15.4. The van der Waals surface area contributed by atoms with Gasteiger partial charge in [0.15, 0.2) is 0 Å². The zero-order valence-corrected chi connectivity index (χ0v) is 9.10. The molecule has 0 spiro atoms. The van der Waals surface area contributed by atoms with Crippen molar-refractivity contribution < 1.29 is 17.9 Å². The number of hydrogen-bond acceptors (Lipinski definition) is 4. The van der Waals surface area contributed by atoms with Gasteiger partial charge in [-0.05, 0) is 20.3 Å². The van der Waals surface area contributed by atoms with Gasteiger partial charge in [-0.2, -0.15) is 0 Å². The molecule has 1 atom stereocenters. The van der Waals surface area contributed by atoms with Gasteiger partial charge >= 0.3 is 5.97 Å². The molecule has 0 aromatic carbocycles. The summed E-state index contributed by atoms with van der Waals surface area (Å²) < 4.78 is 25.8. The van der Waals surface area contributed by atoms with E-state index >= 15 is 0 Å². The Balaban J connectivity index is 4.51. The molecular weight excluding hydrogens is 192 g/mol. The van der Waals surface area contributed by atoms with Crippen LogP contribution in [0.25, 0.3) is 0 Å². The predicted octanol–water partition coefficient (Wildman–Crippen LogP) is 0.577. The molecule has 1 unspecified atom stereocenters. The predicted molar refractivity (Wildman–Crippen MR) is 50.2 cm³/mol. The van der Waals surface area contributed by atoms with Crippen LogP contribution in [0.4, 0.5) is 0 Å². The van der Waals surface area contributed by atoms with Crippen molar-refractivity contribution >= 4 is 16.7 Å². The molecule has 0 aromatic heterocycles. The highest BCUT2D eigenvalue weighted by Crippen LogP contribution is 2.23. The van der Waals surface area contributed by atoms with Crippen molar-refractivity contribution in [3.63, 3.8) is 0 Å². The van der Waals surface area contributed by atoms with E-state index in [9.17, 15) is 13.2 Å². The van der Waals surface area contributed by atoms with Crippen molar-refractivity contribution in [1.82, 2.24) is 0 Å². The van der Waals surface area contributed by atoms with Gasteiger partial charge in [0, 0.05) is 0 Å². The first-order valence-corrected chi connectivity index (χ1v) is 5.61. The average molecular weight is 208 g/mol. The fraction of sp³-hybridized carbons (Fsp3) is 0.875. The number of carbonyl (C=O) groups excluding carboxylic acids is 1. The molecule has 0 saturated heterocycles. The van der Waals surface area contributed by atoms with Gasteiger partial charge in [-0.1, -0.05) is 6.92 Å². The van der Waals surface area contributed by atoms with E-state index in [1.807, 2.05) is 0 Å². The van der Waals surface area contributed by atoms with Crippen molar-refractivity contribution in [3.8, 4) is 0 Å². The van der Waals surface area contributed by atoms with E-state index in [2.05, 4.69) is 0 Å². The summed E-state index contributed by atoms with van der Waals surface area (Å²) >= 11 is 0. The second-order valence-corrected chi connectivity index (χ2v) is 4.11. The Morgan fingerprint density at radius 2 is 1.92 bits per heavy atom. The third-order valence-electron chi connectivity index (χ3n) is 2.03. The summed E-state index contributed by atoms with van der Waals surface area (Å²) in [6, 6.07) is 0. The van der Waals surface area contributed by atoms with Crippen LogP contribution in [-0.2, 0) is 20.2 Å². The number of rotatable bonds is 5. The lowest BCUT2D eigenvalue weighted by molar-refractivity contribution is -0.153. The standard InChI is InChI=1S/C8H16O4S/c1-4-8(3,6-13(10)11)7(9)12-5-2/h13H,4-6H2,1-3H3. The average Bonchev–Trinajstić information content (AvgIpc) is 2.03. The Kier molecular flexibility index (Phi) is 4.98. The van der Waals surface area contributed by atoms with Crippen LogP contribution >= 0.6 is 0 Å². The lowest BCUT2D eigenvalue weighted by Gasteiger charge is -2.22. The van der Waals surface area contributed by atoms with Crippen LogP contribution in [0.3, 0.4) is 0 Å². The number of thiol groups is 1. The Bertz CT molecular complexity index is 239. The topological polar surface area (TPSA) is 60.4 Å². The summed E-state index contributed by atoms with van der Waals surface area (Å²) in [4.78, 5) is 11.3. The van der Waals surface area contributed by atoms with Gasteiger partial charge < -0.3 is 4.74 Å². The van der Waals surface area contributed by atoms with Gasteiger partial charge in [-0.25, -0.2) is 8.42 Å². The first-order chi connectivity index (χ1) is 5.96. The molecule has 0 aliphatic rings. The van der Waals surface area contributed by atoms with Gasteiger partial charge in [0.05, 0.1) is 17.8 Å². The van der Waals surface area contributed by atoms with Crippen molar-refractivity contribution in [3.05, 3.63) is 0 Å². The molecule has 78 valence electrons. The van der Waals surface area contributed by atoms with Gasteiger partial charge in [0.1, 0.15) is 10.7 Å². The molecular formula is C8H16O4S. The highest BCUT2D eigenvalue weighted by molar-refractivity contribution is 7.72. The zero-order chi connectivity index (χ0) is 10.5. The number of esters is 1. The molecule has 0 heterocycles. The second-order valence-electron chi connectivity index (χ2n) is 3.13. The van der Waals surface area contributed by atoms with E-state index in [4.69, 9.17) is 4.74 Å². The molecule has 0 N–H and O–H groups in total. The van der Waals surface area contributed by atoms with E-state index in [-0.39, 0.29) is 12.4 Å². The Morgan fingerprint density at radius 3 is 2.23 bits per heavy atom. The van der Waals surface area contributed by atoms with Gasteiger partial charge in [0.25, 0.3) is 0 Å². The molecule has 13 heavy (non-hydrogen) atoms. The van der Waals surface area contributed by atoms with Gasteiger partial charge in [0.2, 0.25) is 0 Å². The Morgan fingerprint density at radius 1 is 1.38 bits per heavy atom. The van der Waals surface area contributed by atoms with Gasteiger partial charge in [-0.15, -0.1) is 0 Å². The summed E-state index contributed by atoms with van der Waals surface area (Å²) in [6.07, 6.45) is 0.467. The minimum Gasteiger partial charge on any atom is -0.466 e. The maximum atomic E-state index is 11.3. The largest absolute Gasteiger partial charge is 0.466 e. The summed E-state index contributed by atoms with van der Waals surface area (Å²) in [5, 5.41) is 0. The molecule has 0 bridgehead atoms. The lowest BCUT2D eigenvalue weighted by Crippen LogP contribution is -2.33. The molecule has 0 amide bonds. The Hall–Kier alpha value is -0.580. The van der Waals surface area contributed by atoms with Crippen molar-refractivity contribution in [2.45, 2.75) is 27.2 Å². The highest BCUT2D eigenvalue weighted by atomic mass is 32.2. The maximum absolute atomic E-state index is 11.3. The molecule has 4 nitrogen and oxygen atoms in total. The molecule has 0 radical (unpaired) electrons. The molecule has 0 rings (SSSR count). The number of ether oxygens (including phenoxy) is 1. The van der Waals surface area contributed by atoms with Crippen LogP contribution in [0.15, 0.2) is 0 Å². The fourth-order valence-corrected chi connectivity index (χ4v) is 1.83. The fourth-order valence-electron chi connectivity index (χ4n) is 0.911. The van der Waals surface area contributed by atoms with Crippen molar-refractivity contribution in [1.29, 1.82) is 0 Å². The molecule has 5 heteroatoms. The molecule has 0 fully saturated rings. The van der Waals surface area contributed by atoms with Gasteiger partial charge in [-0.3, -0.25) is 4.79 Å². The van der Waals surface area contributed by atoms with Crippen molar-refractivity contribution in [2.75, 3.05) is 12.4 Å². The summed E-state index contributed by atoms with van der Waals surface area (Å²) in [6.45, 7) is 5.36. The lowest BCUT2D eigenvalue weighted by atomic mass is 9.90. The molecule has 0 aromatic rings. The molecule has 0 saturated carbocycles. The minimum absolute atomic E-state index is 0.141. The van der Waals surface area contributed by atoms with Crippen LogP contribution in [0.5, 0.6) is 0 Å². The quantitative estimate of drug-likeness (QED) is 0.530. The minimum atomic E-state index is -2.54. The summed E-state index contributed by atoms with van der Waals surface area (Å²) in [7, 11) is -2.54. The van der Waals surface area contributed by atoms with Crippen LogP contribution in [0.2, 0.25) is 0 Å². The summed E-state index contributed by atoms with van der Waals surface area (Å²) in [5.41, 5.74) is -0.884. The van der Waals surface area contributed by atoms with E-state index < -0.39 is 22.1 Å². The number of carbonyl (C=O) groups is 1. The van der Waals surface area contributed by atoms with Crippen LogP contribution in [0.1, 0.15) is 27.2 Å². The monoisotopic (exact) mass is 208 g/mol. The van der Waals surface area contributed by atoms with E-state index in [0.717, 1.165) is 0 Å². The number of hydrogen-bond donors (Lipinski definition) is 1. The van der Waals surface area contributed by atoms with Crippen LogP contribution < -0.4 is 0 Å². The van der Waals surface area contributed by atoms with E-state index in [1.165, 1.54) is 0 Å². The Labute approximate surface area is 80.2 Å². The maximum Gasteiger partial charge on any atom is 0.312 e.